The van der Waals surface area contributed by atoms with Gasteiger partial charge >= 0.3 is 0 Å². The number of hydrogen-bond donors (Lipinski definition) is 1. The fraction of sp³-hybridized carbons (Fsp3) is 0.133. The lowest BCUT2D eigenvalue weighted by molar-refractivity contribution is 0.669. The lowest BCUT2D eigenvalue weighted by Gasteiger charge is -1.85. The Morgan fingerprint density at radius 2 is 1.50 bits per heavy atom. The van der Waals surface area contributed by atoms with E-state index in [-0.39, 0.29) is 0 Å². The molecular formula is C15H14N2O. The average molecular weight is 238 g/mol. The summed E-state index contributed by atoms with van der Waals surface area (Å²) in [6.07, 6.45) is 1.74. The lowest BCUT2D eigenvalue weighted by atomic mass is 10.2. The first-order valence-electron chi connectivity index (χ1n) is 6.03. The fourth-order valence-corrected chi connectivity index (χ4v) is 2.00. The molecule has 0 saturated heterocycles. The van der Waals surface area contributed by atoms with Gasteiger partial charge in [0.15, 0.2) is 0 Å². The van der Waals surface area contributed by atoms with Gasteiger partial charge in [0.25, 0.3) is 0 Å². The SMILES string of the molecule is C1=NCCN1.c1ccc2c(c1)oc1ccccc12. The number of benzene rings is 2. The molecule has 0 radical (unpaired) electrons. The van der Waals surface area contributed by atoms with E-state index < -0.39 is 0 Å². The van der Waals surface area contributed by atoms with E-state index in [2.05, 4.69) is 22.4 Å². The van der Waals surface area contributed by atoms with Gasteiger partial charge in [0, 0.05) is 17.3 Å². The minimum Gasteiger partial charge on any atom is -0.456 e. The molecule has 0 aliphatic carbocycles. The second-order valence-corrected chi connectivity index (χ2v) is 4.08. The Balaban J connectivity index is 0.000000169. The summed E-state index contributed by atoms with van der Waals surface area (Å²) in [7, 11) is 0. The van der Waals surface area contributed by atoms with Crippen LogP contribution in [0.15, 0.2) is 57.9 Å². The van der Waals surface area contributed by atoms with Crippen molar-refractivity contribution in [3.8, 4) is 0 Å². The van der Waals surface area contributed by atoms with Crippen LogP contribution in [0.25, 0.3) is 21.9 Å². The molecule has 0 saturated carbocycles. The van der Waals surface area contributed by atoms with E-state index in [0.717, 1.165) is 24.3 Å². The van der Waals surface area contributed by atoms with Crippen LogP contribution < -0.4 is 5.32 Å². The molecule has 2 heterocycles. The largest absolute Gasteiger partial charge is 0.456 e. The second kappa shape index (κ2) is 4.92. The third-order valence-corrected chi connectivity index (χ3v) is 2.85. The van der Waals surface area contributed by atoms with Crippen molar-refractivity contribution in [2.24, 2.45) is 4.99 Å². The van der Waals surface area contributed by atoms with Gasteiger partial charge in [0.1, 0.15) is 11.2 Å². The summed E-state index contributed by atoms with van der Waals surface area (Å²) in [5, 5.41) is 5.32. The molecular weight excluding hydrogens is 224 g/mol. The number of furan rings is 1. The first kappa shape index (κ1) is 10.8. The van der Waals surface area contributed by atoms with Crippen LogP contribution >= 0.6 is 0 Å². The molecule has 18 heavy (non-hydrogen) atoms. The van der Waals surface area contributed by atoms with Crippen molar-refractivity contribution in [2.75, 3.05) is 13.1 Å². The van der Waals surface area contributed by atoms with Gasteiger partial charge in [-0.05, 0) is 12.1 Å². The molecule has 1 aliphatic heterocycles. The highest BCUT2D eigenvalue weighted by atomic mass is 16.3. The molecule has 2 aromatic carbocycles. The van der Waals surface area contributed by atoms with Crippen molar-refractivity contribution in [3.63, 3.8) is 0 Å². The predicted octanol–water partition coefficient (Wildman–Crippen LogP) is 3.20. The summed E-state index contributed by atoms with van der Waals surface area (Å²) >= 11 is 0. The normalized spacial score (nSPS) is 13.3. The highest BCUT2D eigenvalue weighted by Crippen LogP contribution is 2.27. The van der Waals surface area contributed by atoms with Crippen molar-refractivity contribution in [2.45, 2.75) is 0 Å². The Kier molecular flexibility index (Phi) is 2.96. The standard InChI is InChI=1S/C12H8O.C3H6N2/c1-3-7-11-9(5-1)10-6-2-4-8-12(10)13-11;1-2-5-3-4-1/h1-8H;3H,1-2H2,(H,4,5). The minimum absolute atomic E-state index is 0.958. The van der Waals surface area contributed by atoms with Gasteiger partial charge in [-0.3, -0.25) is 4.99 Å². The Morgan fingerprint density at radius 3 is 1.94 bits per heavy atom. The zero-order valence-electron chi connectivity index (χ0n) is 9.97. The van der Waals surface area contributed by atoms with Gasteiger partial charge in [-0.1, -0.05) is 36.4 Å². The number of para-hydroxylation sites is 2. The summed E-state index contributed by atoms with van der Waals surface area (Å²) < 4.78 is 5.65. The molecule has 1 aliphatic rings. The Morgan fingerprint density at radius 1 is 0.889 bits per heavy atom. The molecule has 3 aromatic rings. The zero-order chi connectivity index (χ0) is 12.2. The van der Waals surface area contributed by atoms with Crippen LogP contribution in [0.3, 0.4) is 0 Å². The fourth-order valence-electron chi connectivity index (χ4n) is 2.00. The van der Waals surface area contributed by atoms with Crippen LogP contribution in [0.4, 0.5) is 0 Å². The number of fused-ring (bicyclic) bond motifs is 3. The highest BCUT2D eigenvalue weighted by molar-refractivity contribution is 6.04. The van der Waals surface area contributed by atoms with Crippen LogP contribution in [-0.2, 0) is 0 Å². The summed E-state index contributed by atoms with van der Waals surface area (Å²) in [4.78, 5) is 3.85. The maximum atomic E-state index is 5.65. The van der Waals surface area contributed by atoms with Crippen molar-refractivity contribution < 1.29 is 4.42 Å². The van der Waals surface area contributed by atoms with E-state index in [1.807, 2.05) is 36.4 Å². The first-order chi connectivity index (χ1) is 8.95. The molecule has 0 spiro atoms. The summed E-state index contributed by atoms with van der Waals surface area (Å²) in [5.74, 6) is 0. The van der Waals surface area contributed by atoms with Crippen molar-refractivity contribution in [3.05, 3.63) is 48.5 Å². The number of nitrogens with one attached hydrogen (secondary N) is 1. The molecule has 0 fully saturated rings. The van der Waals surface area contributed by atoms with E-state index in [0.29, 0.717) is 0 Å². The third-order valence-electron chi connectivity index (χ3n) is 2.85. The van der Waals surface area contributed by atoms with Crippen LogP contribution in [0.1, 0.15) is 0 Å². The molecule has 0 amide bonds. The summed E-state index contributed by atoms with van der Waals surface area (Å²) in [6.45, 7) is 1.99. The van der Waals surface area contributed by atoms with Crippen LogP contribution in [0.2, 0.25) is 0 Å². The second-order valence-electron chi connectivity index (χ2n) is 4.08. The van der Waals surface area contributed by atoms with E-state index in [1.165, 1.54) is 10.8 Å². The summed E-state index contributed by atoms with van der Waals surface area (Å²) in [5.41, 5.74) is 1.92. The molecule has 0 atom stereocenters. The first-order valence-corrected chi connectivity index (χ1v) is 6.03. The van der Waals surface area contributed by atoms with Gasteiger partial charge in [-0.15, -0.1) is 0 Å². The van der Waals surface area contributed by atoms with Crippen molar-refractivity contribution >= 4 is 28.3 Å². The highest BCUT2D eigenvalue weighted by Gasteiger charge is 2.03. The van der Waals surface area contributed by atoms with Crippen molar-refractivity contribution in [1.29, 1.82) is 0 Å². The lowest BCUT2D eigenvalue weighted by Crippen LogP contribution is -2.04. The average Bonchev–Trinajstić information content (AvgIpc) is 3.10. The van der Waals surface area contributed by atoms with Crippen LogP contribution in [0, 0.1) is 0 Å². The van der Waals surface area contributed by atoms with Crippen molar-refractivity contribution in [1.82, 2.24) is 5.32 Å². The topological polar surface area (TPSA) is 37.5 Å². The molecule has 1 N–H and O–H groups in total. The molecule has 0 unspecified atom stereocenters. The smallest absolute Gasteiger partial charge is 0.135 e. The number of rotatable bonds is 0. The molecule has 4 rings (SSSR count). The van der Waals surface area contributed by atoms with Gasteiger partial charge in [0.2, 0.25) is 0 Å². The maximum absolute atomic E-state index is 5.65. The predicted molar refractivity (Wildman–Crippen MR) is 75.1 cm³/mol. The quantitative estimate of drug-likeness (QED) is 0.653. The van der Waals surface area contributed by atoms with E-state index in [9.17, 15) is 0 Å². The Bertz CT molecular complexity index is 629. The maximum Gasteiger partial charge on any atom is 0.135 e. The van der Waals surface area contributed by atoms with Gasteiger partial charge < -0.3 is 9.73 Å². The molecule has 1 aromatic heterocycles. The molecule has 90 valence electrons. The zero-order valence-corrected chi connectivity index (χ0v) is 9.97. The van der Waals surface area contributed by atoms with Gasteiger partial charge in [0.05, 0.1) is 12.9 Å². The third kappa shape index (κ3) is 2.07. The number of nitrogens with zero attached hydrogens (tertiary/aromatic N) is 1. The number of aliphatic imine (C=N–C) groups is 1. The summed E-state index contributed by atoms with van der Waals surface area (Å²) in [6, 6.07) is 16.2. The molecule has 0 bridgehead atoms. The van der Waals surface area contributed by atoms with Gasteiger partial charge in [-0.25, -0.2) is 0 Å². The van der Waals surface area contributed by atoms with Crippen LogP contribution in [-0.4, -0.2) is 19.4 Å². The van der Waals surface area contributed by atoms with E-state index in [1.54, 1.807) is 6.34 Å². The van der Waals surface area contributed by atoms with Gasteiger partial charge in [-0.2, -0.15) is 0 Å². The van der Waals surface area contributed by atoms with E-state index in [4.69, 9.17) is 4.42 Å². The molecule has 3 nitrogen and oxygen atoms in total. The minimum atomic E-state index is 0.958. The molecule has 3 heteroatoms. The monoisotopic (exact) mass is 238 g/mol. The Hall–Kier alpha value is -2.29. The number of hydrogen-bond acceptors (Lipinski definition) is 3. The van der Waals surface area contributed by atoms with Crippen LogP contribution in [0.5, 0.6) is 0 Å². The Labute approximate surface area is 105 Å². The van der Waals surface area contributed by atoms with E-state index >= 15 is 0 Å².